The van der Waals surface area contributed by atoms with Gasteiger partial charge >= 0.3 is 19.5 Å². The van der Waals surface area contributed by atoms with Crippen LogP contribution in [0.4, 0.5) is 5.69 Å². The Labute approximate surface area is 134 Å². The van der Waals surface area contributed by atoms with E-state index < -0.39 is 30.3 Å². The Hall–Kier alpha value is -1.95. The molecule has 0 bridgehead atoms. The Morgan fingerprint density at radius 2 is 1.71 bits per heavy atom. The van der Waals surface area contributed by atoms with Gasteiger partial charge in [0, 0.05) is 24.3 Å². The third-order valence-corrected chi connectivity index (χ3v) is 2.66. The van der Waals surface area contributed by atoms with Crippen molar-refractivity contribution >= 4 is 23.5 Å². The molecule has 1 rings (SSSR count). The third kappa shape index (κ3) is 6.36. The number of benzene rings is 1. The van der Waals surface area contributed by atoms with Crippen molar-refractivity contribution in [1.82, 2.24) is 5.32 Å². The van der Waals surface area contributed by atoms with Crippen LogP contribution in [0.25, 0.3) is 0 Å². The first-order chi connectivity index (χ1) is 9.43. The summed E-state index contributed by atoms with van der Waals surface area (Å²) in [6, 6.07) is 4.98. The van der Waals surface area contributed by atoms with E-state index in [1.54, 1.807) is 19.2 Å². The Balaban J connectivity index is 0.00000400. The first kappa shape index (κ1) is 19.1. The molecule has 0 radical (unpaired) electrons. The molecular formula is C13H14N2O5Zn. The number of aliphatic carboxylic acids is 2. The summed E-state index contributed by atoms with van der Waals surface area (Å²) in [6.07, 6.45) is -0.761. The zero-order chi connectivity index (χ0) is 15.1. The van der Waals surface area contributed by atoms with Crippen LogP contribution < -0.4 is 20.8 Å². The molecule has 1 aromatic carbocycles. The average Bonchev–Trinajstić information content (AvgIpc) is 2.42. The van der Waals surface area contributed by atoms with E-state index in [2.05, 4.69) is 10.6 Å². The molecule has 0 aliphatic carbocycles. The number of hydrogen-bond acceptors (Lipinski definition) is 6. The van der Waals surface area contributed by atoms with Crippen molar-refractivity contribution in [3.05, 3.63) is 29.8 Å². The fourth-order valence-corrected chi connectivity index (χ4v) is 1.54. The largest absolute Gasteiger partial charge is 2.00 e. The maximum Gasteiger partial charge on any atom is 2.00 e. The number of carboxylic acids is 2. The van der Waals surface area contributed by atoms with Crippen LogP contribution >= 0.6 is 0 Å². The number of amides is 1. The van der Waals surface area contributed by atoms with Gasteiger partial charge in [0.15, 0.2) is 0 Å². The molecule has 0 spiro atoms. The van der Waals surface area contributed by atoms with E-state index in [1.807, 2.05) is 0 Å². The fraction of sp³-hybridized carbons (Fsp3) is 0.308. The van der Waals surface area contributed by atoms with Crippen LogP contribution in [0.1, 0.15) is 23.2 Å². The maximum atomic E-state index is 11.8. The van der Waals surface area contributed by atoms with Crippen molar-refractivity contribution in [3.8, 4) is 0 Å². The van der Waals surface area contributed by atoms with E-state index >= 15 is 0 Å². The minimum Gasteiger partial charge on any atom is -0.550 e. The van der Waals surface area contributed by atoms with E-state index in [1.165, 1.54) is 12.1 Å². The standard InChI is InChI=1S/C13H16N2O5.Zn/c1-14-9-4-2-8(3-5-9)12(18)15-10(13(19)20)6-7-11(16)17;/h2-5,10,14H,6-7H2,1H3,(H,15,18)(H,16,17)(H,19,20);/q;+2/p-2. The monoisotopic (exact) mass is 342 g/mol. The molecule has 0 saturated carbocycles. The zero-order valence-corrected chi connectivity index (χ0v) is 14.5. The topological polar surface area (TPSA) is 121 Å². The van der Waals surface area contributed by atoms with Gasteiger partial charge in [0.25, 0.3) is 5.91 Å². The summed E-state index contributed by atoms with van der Waals surface area (Å²) in [5.41, 5.74) is 1.07. The molecule has 1 atom stereocenters. The predicted molar refractivity (Wildman–Crippen MR) is 66.5 cm³/mol. The van der Waals surface area contributed by atoms with E-state index in [9.17, 15) is 24.6 Å². The second-order valence-electron chi connectivity index (χ2n) is 4.08. The molecule has 0 saturated heterocycles. The van der Waals surface area contributed by atoms with E-state index in [0.29, 0.717) is 0 Å². The van der Waals surface area contributed by atoms with Crippen LogP contribution in [0.5, 0.6) is 0 Å². The molecule has 1 unspecified atom stereocenters. The molecule has 0 fully saturated rings. The third-order valence-electron chi connectivity index (χ3n) is 2.66. The SMILES string of the molecule is CNc1ccc(C(=O)NC(CCC(=O)[O-])C(=O)[O-])cc1.[Zn+2]. The van der Waals surface area contributed by atoms with Crippen molar-refractivity contribution in [2.45, 2.75) is 18.9 Å². The number of anilines is 1. The molecular weight excluding hydrogens is 330 g/mol. The fourth-order valence-electron chi connectivity index (χ4n) is 1.54. The smallest absolute Gasteiger partial charge is 0.550 e. The molecule has 7 nitrogen and oxygen atoms in total. The minimum atomic E-state index is -1.54. The Kier molecular flexibility index (Phi) is 8.23. The van der Waals surface area contributed by atoms with E-state index in [-0.39, 0.29) is 31.5 Å². The number of carbonyl (C=O) groups excluding carboxylic acids is 3. The summed E-state index contributed by atoms with van der Waals surface area (Å²) in [4.78, 5) is 33.0. The minimum absolute atomic E-state index is 0. The van der Waals surface area contributed by atoms with Crippen LogP contribution in [0, 0.1) is 0 Å². The van der Waals surface area contributed by atoms with Crippen molar-refractivity contribution in [3.63, 3.8) is 0 Å². The molecule has 1 amide bonds. The van der Waals surface area contributed by atoms with Crippen molar-refractivity contribution in [2.75, 3.05) is 12.4 Å². The van der Waals surface area contributed by atoms with Crippen molar-refractivity contribution < 1.29 is 44.1 Å². The number of carbonyl (C=O) groups is 3. The van der Waals surface area contributed by atoms with E-state index in [4.69, 9.17) is 0 Å². The molecule has 108 valence electrons. The summed E-state index contributed by atoms with van der Waals surface area (Å²) < 4.78 is 0. The summed E-state index contributed by atoms with van der Waals surface area (Å²) >= 11 is 0. The Morgan fingerprint density at radius 1 is 1.14 bits per heavy atom. The van der Waals surface area contributed by atoms with E-state index in [0.717, 1.165) is 5.69 Å². The van der Waals surface area contributed by atoms with Gasteiger partial charge in [-0.1, -0.05) is 0 Å². The quantitative estimate of drug-likeness (QED) is 0.558. The van der Waals surface area contributed by atoms with Gasteiger partial charge in [0.1, 0.15) is 0 Å². The number of carboxylic acid groups (broad SMARTS) is 2. The summed E-state index contributed by atoms with van der Waals surface area (Å²) in [5, 5.41) is 26.2. The normalized spacial score (nSPS) is 10.9. The molecule has 0 heterocycles. The van der Waals surface area contributed by atoms with Crippen LogP contribution in [0.3, 0.4) is 0 Å². The second kappa shape index (κ2) is 9.07. The van der Waals surface area contributed by atoms with Gasteiger partial charge in [-0.05, 0) is 37.1 Å². The number of rotatable bonds is 7. The van der Waals surface area contributed by atoms with Crippen LogP contribution in [-0.4, -0.2) is 30.9 Å². The Morgan fingerprint density at radius 3 is 2.14 bits per heavy atom. The van der Waals surface area contributed by atoms with Crippen molar-refractivity contribution in [2.24, 2.45) is 0 Å². The molecule has 0 aliphatic heterocycles. The van der Waals surface area contributed by atoms with Gasteiger partial charge in [0.05, 0.1) is 12.0 Å². The van der Waals surface area contributed by atoms with Crippen LogP contribution in [-0.2, 0) is 29.1 Å². The Bertz CT molecular complexity index is 504. The molecule has 8 heteroatoms. The summed E-state index contributed by atoms with van der Waals surface area (Å²) in [7, 11) is 1.72. The first-order valence-electron chi connectivity index (χ1n) is 5.93. The van der Waals surface area contributed by atoms with Gasteiger partial charge in [0.2, 0.25) is 0 Å². The zero-order valence-electron chi connectivity index (χ0n) is 11.5. The average molecular weight is 344 g/mol. The van der Waals surface area contributed by atoms with Crippen LogP contribution in [0.2, 0.25) is 0 Å². The van der Waals surface area contributed by atoms with Gasteiger partial charge in [-0.2, -0.15) is 0 Å². The molecule has 0 aromatic heterocycles. The van der Waals surface area contributed by atoms with Gasteiger partial charge in [-0.25, -0.2) is 0 Å². The second-order valence-corrected chi connectivity index (χ2v) is 4.08. The van der Waals surface area contributed by atoms with Crippen LogP contribution in [0.15, 0.2) is 24.3 Å². The number of hydrogen-bond donors (Lipinski definition) is 2. The molecule has 1 aromatic rings. The maximum absolute atomic E-state index is 11.8. The first-order valence-corrected chi connectivity index (χ1v) is 5.93. The van der Waals surface area contributed by atoms with Gasteiger partial charge in [-0.3, -0.25) is 4.79 Å². The summed E-state index contributed by atoms with van der Waals surface area (Å²) in [6.45, 7) is 0. The summed E-state index contributed by atoms with van der Waals surface area (Å²) in [5.74, 6) is -3.53. The van der Waals surface area contributed by atoms with Gasteiger partial charge < -0.3 is 30.4 Å². The molecule has 0 aliphatic rings. The molecule has 2 N–H and O–H groups in total. The number of nitrogens with one attached hydrogen (secondary N) is 2. The van der Waals surface area contributed by atoms with Crippen molar-refractivity contribution in [1.29, 1.82) is 0 Å². The van der Waals surface area contributed by atoms with Gasteiger partial charge in [-0.15, -0.1) is 0 Å². The molecule has 21 heavy (non-hydrogen) atoms. The predicted octanol–water partition coefficient (Wildman–Crippen LogP) is -1.90.